The van der Waals surface area contributed by atoms with Gasteiger partial charge in [-0.1, -0.05) is 0 Å². The molecule has 2 aromatic rings. The van der Waals surface area contributed by atoms with Crippen LogP contribution in [0.2, 0.25) is 0 Å². The molecule has 1 saturated heterocycles. The first-order valence-electron chi connectivity index (χ1n) is 8.45. The Morgan fingerprint density at radius 1 is 1.21 bits per heavy atom. The molecule has 0 bridgehead atoms. The van der Waals surface area contributed by atoms with Gasteiger partial charge in [0.05, 0.1) is 11.0 Å². The van der Waals surface area contributed by atoms with Gasteiger partial charge in [-0.05, 0) is 55.0 Å². The van der Waals surface area contributed by atoms with Gasteiger partial charge in [0.25, 0.3) is 0 Å². The Labute approximate surface area is 141 Å². The predicted octanol–water partition coefficient (Wildman–Crippen LogP) is 1.90. The van der Waals surface area contributed by atoms with Gasteiger partial charge in [0.2, 0.25) is 0 Å². The summed E-state index contributed by atoms with van der Waals surface area (Å²) in [6, 6.07) is 5.71. The highest BCUT2D eigenvalue weighted by atomic mass is 32.2. The summed E-state index contributed by atoms with van der Waals surface area (Å²) in [6.07, 6.45) is 3.26. The van der Waals surface area contributed by atoms with Crippen molar-refractivity contribution >= 4 is 20.8 Å². The fraction of sp³-hybridized carbons (Fsp3) is 0.500. The van der Waals surface area contributed by atoms with Crippen LogP contribution >= 0.6 is 0 Å². The molecule has 1 aromatic carbocycles. The van der Waals surface area contributed by atoms with E-state index < -0.39 is 9.84 Å². The number of nitrogens with zero attached hydrogens (tertiary/aromatic N) is 1. The second-order valence-electron chi connectivity index (χ2n) is 6.97. The Morgan fingerprint density at radius 2 is 1.96 bits per heavy atom. The molecule has 128 valence electrons. The van der Waals surface area contributed by atoms with Crippen molar-refractivity contribution in [3.63, 3.8) is 0 Å². The van der Waals surface area contributed by atoms with Gasteiger partial charge >= 0.3 is 5.63 Å². The fourth-order valence-electron chi connectivity index (χ4n) is 3.84. The summed E-state index contributed by atoms with van der Waals surface area (Å²) in [5.41, 5.74) is 3.86. The summed E-state index contributed by atoms with van der Waals surface area (Å²) in [4.78, 5) is 14.1. The number of rotatable bonds is 2. The van der Waals surface area contributed by atoms with Crippen molar-refractivity contribution in [2.24, 2.45) is 0 Å². The molecule has 1 atom stereocenters. The van der Waals surface area contributed by atoms with Crippen LogP contribution in [-0.4, -0.2) is 37.4 Å². The Hall–Kier alpha value is -1.66. The normalized spacial score (nSPS) is 23.5. The molecule has 4 rings (SSSR count). The minimum atomic E-state index is -2.97. The summed E-state index contributed by atoms with van der Waals surface area (Å²) in [7, 11) is -2.97. The number of aryl methyl sites for hydroxylation is 2. The van der Waals surface area contributed by atoms with Crippen molar-refractivity contribution in [3.05, 3.63) is 45.3 Å². The van der Waals surface area contributed by atoms with E-state index in [4.69, 9.17) is 4.42 Å². The maximum atomic E-state index is 11.9. The van der Waals surface area contributed by atoms with Gasteiger partial charge < -0.3 is 4.42 Å². The van der Waals surface area contributed by atoms with Gasteiger partial charge in [-0.3, -0.25) is 4.90 Å². The standard InChI is InChI=1S/C18H21NO4S/c1-12-10-19(5-6-24(12,21)22)11-15-9-18(20)23-17-8-14-4-2-3-13(14)7-16(15)17/h7-9,12H,2-6,10-11H2,1H3/t12-/m0/s1. The highest BCUT2D eigenvalue weighted by molar-refractivity contribution is 7.92. The fourth-order valence-corrected chi connectivity index (χ4v) is 5.19. The van der Waals surface area contributed by atoms with E-state index in [0.29, 0.717) is 25.2 Å². The molecule has 0 N–H and O–H groups in total. The van der Waals surface area contributed by atoms with Crippen LogP contribution in [0.15, 0.2) is 27.4 Å². The maximum Gasteiger partial charge on any atom is 0.336 e. The molecule has 2 heterocycles. The zero-order valence-electron chi connectivity index (χ0n) is 13.7. The smallest absolute Gasteiger partial charge is 0.336 e. The van der Waals surface area contributed by atoms with E-state index in [0.717, 1.165) is 30.2 Å². The first-order chi connectivity index (χ1) is 11.4. The molecule has 0 unspecified atom stereocenters. The van der Waals surface area contributed by atoms with Crippen molar-refractivity contribution in [1.29, 1.82) is 0 Å². The summed E-state index contributed by atoms with van der Waals surface area (Å²) < 4.78 is 29.2. The Bertz CT molecular complexity index is 961. The SMILES string of the molecule is C[C@H]1CN(Cc2cc(=O)oc3cc4c(cc23)CCC4)CCS1(=O)=O. The Balaban J connectivity index is 1.70. The average Bonchev–Trinajstić information content (AvgIpc) is 2.96. The molecule has 2 aliphatic rings. The first kappa shape index (κ1) is 15.8. The van der Waals surface area contributed by atoms with E-state index in [1.807, 2.05) is 6.07 Å². The van der Waals surface area contributed by atoms with Crippen molar-refractivity contribution < 1.29 is 12.8 Å². The second kappa shape index (κ2) is 5.70. The number of sulfone groups is 1. The molecule has 1 aliphatic carbocycles. The van der Waals surface area contributed by atoms with E-state index in [1.54, 1.807) is 13.0 Å². The van der Waals surface area contributed by atoms with Crippen LogP contribution in [0.4, 0.5) is 0 Å². The lowest BCUT2D eigenvalue weighted by Crippen LogP contribution is -2.45. The van der Waals surface area contributed by atoms with Gasteiger partial charge in [0.1, 0.15) is 5.58 Å². The van der Waals surface area contributed by atoms with Crippen LogP contribution < -0.4 is 5.63 Å². The van der Waals surface area contributed by atoms with Gasteiger partial charge in [0, 0.05) is 31.1 Å². The Morgan fingerprint density at radius 3 is 2.71 bits per heavy atom. The summed E-state index contributed by atoms with van der Waals surface area (Å²) in [5.74, 6) is 0.183. The molecule has 0 saturated carbocycles. The molecule has 0 radical (unpaired) electrons. The third-order valence-corrected chi connectivity index (χ3v) is 7.38. The average molecular weight is 347 g/mol. The highest BCUT2D eigenvalue weighted by Gasteiger charge is 2.29. The third kappa shape index (κ3) is 2.78. The number of fused-ring (bicyclic) bond motifs is 2. The lowest BCUT2D eigenvalue weighted by atomic mass is 10.0. The Kier molecular flexibility index (Phi) is 3.77. The van der Waals surface area contributed by atoms with E-state index in [1.165, 1.54) is 11.1 Å². The highest BCUT2D eigenvalue weighted by Crippen LogP contribution is 2.29. The second-order valence-corrected chi connectivity index (χ2v) is 9.51. The minimum absolute atomic E-state index is 0.183. The number of hydrogen-bond donors (Lipinski definition) is 0. The quantitative estimate of drug-likeness (QED) is 0.776. The van der Waals surface area contributed by atoms with Crippen molar-refractivity contribution in [1.82, 2.24) is 4.90 Å². The van der Waals surface area contributed by atoms with E-state index in [9.17, 15) is 13.2 Å². The molecule has 1 aliphatic heterocycles. The lowest BCUT2D eigenvalue weighted by molar-refractivity contribution is 0.270. The van der Waals surface area contributed by atoms with Crippen LogP contribution in [0.5, 0.6) is 0 Å². The van der Waals surface area contributed by atoms with E-state index >= 15 is 0 Å². The lowest BCUT2D eigenvalue weighted by Gasteiger charge is -2.30. The minimum Gasteiger partial charge on any atom is -0.423 e. The number of benzene rings is 1. The molecule has 0 spiro atoms. The first-order valence-corrected chi connectivity index (χ1v) is 10.2. The van der Waals surface area contributed by atoms with Crippen LogP contribution in [-0.2, 0) is 29.2 Å². The van der Waals surface area contributed by atoms with E-state index in [-0.39, 0.29) is 16.6 Å². The monoisotopic (exact) mass is 347 g/mol. The maximum absolute atomic E-state index is 11.9. The molecule has 5 nitrogen and oxygen atoms in total. The van der Waals surface area contributed by atoms with Gasteiger partial charge in [-0.25, -0.2) is 13.2 Å². The van der Waals surface area contributed by atoms with Crippen LogP contribution in [0.1, 0.15) is 30.0 Å². The summed E-state index contributed by atoms with van der Waals surface area (Å²) in [5, 5.41) is 0.623. The molecule has 1 fully saturated rings. The van der Waals surface area contributed by atoms with Gasteiger partial charge in [0.15, 0.2) is 9.84 Å². The topological polar surface area (TPSA) is 67.6 Å². The molecule has 24 heavy (non-hydrogen) atoms. The van der Waals surface area contributed by atoms with Crippen molar-refractivity contribution in [2.45, 2.75) is 38.0 Å². The van der Waals surface area contributed by atoms with Crippen molar-refractivity contribution in [2.75, 3.05) is 18.8 Å². The van der Waals surface area contributed by atoms with Gasteiger partial charge in [-0.15, -0.1) is 0 Å². The van der Waals surface area contributed by atoms with Crippen molar-refractivity contribution in [3.8, 4) is 0 Å². The van der Waals surface area contributed by atoms with Crippen LogP contribution in [0.3, 0.4) is 0 Å². The summed E-state index contributed by atoms with van der Waals surface area (Å²) >= 11 is 0. The molecular weight excluding hydrogens is 326 g/mol. The van der Waals surface area contributed by atoms with Crippen LogP contribution in [0, 0.1) is 0 Å². The van der Waals surface area contributed by atoms with Crippen LogP contribution in [0.25, 0.3) is 11.0 Å². The molecular formula is C18H21NO4S. The molecule has 1 aromatic heterocycles. The third-order valence-electron chi connectivity index (χ3n) is 5.26. The summed E-state index contributed by atoms with van der Waals surface area (Å²) in [6.45, 7) is 3.36. The van der Waals surface area contributed by atoms with Gasteiger partial charge in [-0.2, -0.15) is 0 Å². The number of hydrogen-bond acceptors (Lipinski definition) is 5. The largest absolute Gasteiger partial charge is 0.423 e. The molecule has 6 heteroatoms. The molecule has 0 amide bonds. The van der Waals surface area contributed by atoms with E-state index in [2.05, 4.69) is 11.0 Å². The predicted molar refractivity (Wildman–Crippen MR) is 93.0 cm³/mol. The zero-order chi connectivity index (χ0) is 16.9. The zero-order valence-corrected chi connectivity index (χ0v) is 14.6.